The second-order valence-electron chi connectivity index (χ2n) is 4.51. The van der Waals surface area contributed by atoms with Gasteiger partial charge in [0.1, 0.15) is 6.61 Å². The molecule has 21 heavy (non-hydrogen) atoms. The van der Waals surface area contributed by atoms with Crippen LogP contribution in [0.1, 0.15) is 10.4 Å². The summed E-state index contributed by atoms with van der Waals surface area (Å²) in [6, 6.07) is 5.26. The summed E-state index contributed by atoms with van der Waals surface area (Å²) in [5, 5.41) is 3.23. The van der Waals surface area contributed by atoms with Crippen molar-refractivity contribution in [3.63, 3.8) is 0 Å². The first-order valence-electron chi connectivity index (χ1n) is 6.68. The molecule has 0 radical (unpaired) electrons. The molecule has 0 atom stereocenters. The molecular formula is C15H21ClN2O3. The van der Waals surface area contributed by atoms with E-state index in [9.17, 15) is 4.79 Å². The summed E-state index contributed by atoms with van der Waals surface area (Å²) in [5.74, 6) is 1.21. The number of benzene rings is 1. The van der Waals surface area contributed by atoms with Crippen LogP contribution in [0.15, 0.2) is 30.9 Å². The SMILES string of the molecule is C=CCOc1ccc(C(=O)N2CCNCC2)cc1OC.Cl. The molecule has 0 bridgehead atoms. The van der Waals surface area contributed by atoms with E-state index >= 15 is 0 Å². The zero-order chi connectivity index (χ0) is 14.4. The van der Waals surface area contributed by atoms with Crippen molar-refractivity contribution < 1.29 is 14.3 Å². The van der Waals surface area contributed by atoms with Gasteiger partial charge in [0.15, 0.2) is 11.5 Å². The van der Waals surface area contributed by atoms with Crippen LogP contribution < -0.4 is 14.8 Å². The molecule has 5 nitrogen and oxygen atoms in total. The summed E-state index contributed by atoms with van der Waals surface area (Å²) in [5.41, 5.74) is 0.620. The molecule has 1 N–H and O–H groups in total. The van der Waals surface area contributed by atoms with Gasteiger partial charge >= 0.3 is 0 Å². The highest BCUT2D eigenvalue weighted by atomic mass is 35.5. The lowest BCUT2D eigenvalue weighted by atomic mass is 10.1. The Morgan fingerprint density at radius 3 is 2.71 bits per heavy atom. The zero-order valence-electron chi connectivity index (χ0n) is 12.1. The molecule has 0 aliphatic carbocycles. The Kier molecular flexibility index (Phi) is 7.05. The predicted molar refractivity (Wildman–Crippen MR) is 84.7 cm³/mol. The van der Waals surface area contributed by atoms with E-state index in [4.69, 9.17) is 9.47 Å². The molecule has 116 valence electrons. The van der Waals surface area contributed by atoms with Gasteiger partial charge < -0.3 is 19.7 Å². The highest BCUT2D eigenvalue weighted by Gasteiger charge is 2.19. The van der Waals surface area contributed by atoms with Crippen molar-refractivity contribution in [2.75, 3.05) is 39.9 Å². The lowest BCUT2D eigenvalue weighted by Gasteiger charge is -2.27. The third-order valence-electron chi connectivity index (χ3n) is 3.17. The number of piperazine rings is 1. The van der Waals surface area contributed by atoms with Crippen molar-refractivity contribution >= 4 is 18.3 Å². The predicted octanol–water partition coefficient (Wildman–Crippen LogP) is 1.73. The largest absolute Gasteiger partial charge is 0.493 e. The highest BCUT2D eigenvalue weighted by Crippen LogP contribution is 2.28. The number of amides is 1. The van der Waals surface area contributed by atoms with Crippen molar-refractivity contribution in [2.24, 2.45) is 0 Å². The molecule has 1 aromatic carbocycles. The van der Waals surface area contributed by atoms with E-state index in [-0.39, 0.29) is 18.3 Å². The van der Waals surface area contributed by atoms with E-state index in [0.29, 0.717) is 23.7 Å². The van der Waals surface area contributed by atoms with Crippen molar-refractivity contribution in [1.82, 2.24) is 10.2 Å². The van der Waals surface area contributed by atoms with Crippen LogP contribution in [0.5, 0.6) is 11.5 Å². The average Bonchev–Trinajstić information content (AvgIpc) is 2.52. The van der Waals surface area contributed by atoms with Crippen molar-refractivity contribution in [1.29, 1.82) is 0 Å². The maximum absolute atomic E-state index is 12.4. The lowest BCUT2D eigenvalue weighted by Crippen LogP contribution is -2.46. The highest BCUT2D eigenvalue weighted by molar-refractivity contribution is 5.95. The first kappa shape index (κ1) is 17.3. The van der Waals surface area contributed by atoms with Gasteiger partial charge in [-0.15, -0.1) is 12.4 Å². The number of hydrogen-bond donors (Lipinski definition) is 1. The first-order valence-corrected chi connectivity index (χ1v) is 6.68. The number of hydrogen-bond acceptors (Lipinski definition) is 4. The molecular weight excluding hydrogens is 292 g/mol. The molecule has 1 heterocycles. The van der Waals surface area contributed by atoms with Crippen LogP contribution in [0.4, 0.5) is 0 Å². The molecule has 1 fully saturated rings. The Bertz CT molecular complexity index is 488. The quantitative estimate of drug-likeness (QED) is 0.841. The topological polar surface area (TPSA) is 50.8 Å². The Hall–Kier alpha value is -1.72. The summed E-state index contributed by atoms with van der Waals surface area (Å²) in [6.07, 6.45) is 1.67. The number of ether oxygens (including phenoxy) is 2. The maximum atomic E-state index is 12.4. The molecule has 1 saturated heterocycles. The minimum atomic E-state index is 0. The minimum Gasteiger partial charge on any atom is -0.493 e. The van der Waals surface area contributed by atoms with Crippen molar-refractivity contribution in [3.05, 3.63) is 36.4 Å². The van der Waals surface area contributed by atoms with Crippen LogP contribution in [0.2, 0.25) is 0 Å². The first-order chi connectivity index (χ1) is 9.76. The lowest BCUT2D eigenvalue weighted by molar-refractivity contribution is 0.0735. The number of carbonyl (C=O) groups is 1. The van der Waals surface area contributed by atoms with E-state index in [1.54, 1.807) is 31.4 Å². The van der Waals surface area contributed by atoms with Crippen molar-refractivity contribution in [3.8, 4) is 11.5 Å². The molecule has 1 aliphatic heterocycles. The van der Waals surface area contributed by atoms with Gasteiger partial charge in [0.2, 0.25) is 0 Å². The van der Waals surface area contributed by atoms with Crippen LogP contribution >= 0.6 is 12.4 Å². The summed E-state index contributed by atoms with van der Waals surface area (Å²) in [6.45, 7) is 7.15. The second kappa shape index (κ2) is 8.54. The Morgan fingerprint density at radius 2 is 2.10 bits per heavy atom. The van der Waals surface area contributed by atoms with Crippen LogP contribution in [0, 0.1) is 0 Å². The second-order valence-corrected chi connectivity index (χ2v) is 4.51. The van der Waals surface area contributed by atoms with Gasteiger partial charge in [-0.25, -0.2) is 0 Å². The summed E-state index contributed by atoms with van der Waals surface area (Å²) >= 11 is 0. The van der Waals surface area contributed by atoms with E-state index in [0.717, 1.165) is 26.2 Å². The van der Waals surface area contributed by atoms with Gasteiger partial charge in [-0.05, 0) is 18.2 Å². The van der Waals surface area contributed by atoms with Crippen LogP contribution in [0.25, 0.3) is 0 Å². The minimum absolute atomic E-state index is 0. The zero-order valence-corrected chi connectivity index (χ0v) is 12.9. The van der Waals surface area contributed by atoms with E-state index < -0.39 is 0 Å². The Balaban J connectivity index is 0.00000220. The normalized spacial score (nSPS) is 14.0. The standard InChI is InChI=1S/C15H20N2O3.ClH/c1-3-10-20-13-5-4-12(11-14(13)19-2)15(18)17-8-6-16-7-9-17;/h3-5,11,16H,1,6-10H2,2H3;1H. The number of nitrogens with one attached hydrogen (secondary N) is 1. The van der Waals surface area contributed by atoms with Gasteiger partial charge in [0.25, 0.3) is 5.91 Å². The molecule has 2 rings (SSSR count). The average molecular weight is 313 g/mol. The smallest absolute Gasteiger partial charge is 0.254 e. The fourth-order valence-electron chi connectivity index (χ4n) is 2.12. The Labute approximate surface area is 131 Å². The van der Waals surface area contributed by atoms with Crippen LogP contribution in [0.3, 0.4) is 0 Å². The van der Waals surface area contributed by atoms with Gasteiger partial charge in [0, 0.05) is 31.7 Å². The van der Waals surface area contributed by atoms with E-state index in [1.165, 1.54) is 0 Å². The van der Waals surface area contributed by atoms with Gasteiger partial charge in [-0.3, -0.25) is 4.79 Å². The molecule has 1 amide bonds. The number of rotatable bonds is 5. The molecule has 1 aliphatic rings. The van der Waals surface area contributed by atoms with Crippen LogP contribution in [-0.4, -0.2) is 50.7 Å². The maximum Gasteiger partial charge on any atom is 0.254 e. The molecule has 0 spiro atoms. The molecule has 1 aromatic rings. The monoisotopic (exact) mass is 312 g/mol. The van der Waals surface area contributed by atoms with Gasteiger partial charge in [0.05, 0.1) is 7.11 Å². The summed E-state index contributed by atoms with van der Waals surface area (Å²) < 4.78 is 10.8. The molecule has 0 saturated carbocycles. The van der Waals surface area contributed by atoms with Crippen molar-refractivity contribution in [2.45, 2.75) is 0 Å². The van der Waals surface area contributed by atoms with Crippen LogP contribution in [-0.2, 0) is 0 Å². The third kappa shape index (κ3) is 4.37. The van der Waals surface area contributed by atoms with E-state index in [2.05, 4.69) is 11.9 Å². The third-order valence-corrected chi connectivity index (χ3v) is 3.17. The van der Waals surface area contributed by atoms with Gasteiger partial charge in [-0.1, -0.05) is 12.7 Å². The number of nitrogens with zero attached hydrogens (tertiary/aromatic N) is 1. The number of carbonyl (C=O) groups excluding carboxylic acids is 1. The molecule has 6 heteroatoms. The Morgan fingerprint density at radius 1 is 1.38 bits per heavy atom. The molecule has 0 aromatic heterocycles. The summed E-state index contributed by atoms with van der Waals surface area (Å²) in [4.78, 5) is 14.2. The fourth-order valence-corrected chi connectivity index (χ4v) is 2.12. The number of halogens is 1. The summed E-state index contributed by atoms with van der Waals surface area (Å²) in [7, 11) is 1.56. The molecule has 0 unspecified atom stereocenters. The number of methoxy groups -OCH3 is 1. The van der Waals surface area contributed by atoms with Gasteiger partial charge in [-0.2, -0.15) is 0 Å². The van der Waals surface area contributed by atoms with E-state index in [1.807, 2.05) is 4.90 Å². The fraction of sp³-hybridized carbons (Fsp3) is 0.400.